The first-order valence-electron chi connectivity index (χ1n) is 9.23. The molecule has 0 aliphatic carbocycles. The van der Waals surface area contributed by atoms with Gasteiger partial charge >= 0.3 is 0 Å². The summed E-state index contributed by atoms with van der Waals surface area (Å²) < 4.78 is 23.1. The Kier molecular flexibility index (Phi) is 5.84. The normalized spacial score (nSPS) is 15.5. The number of rotatable bonds is 6. The molecule has 2 aromatic carbocycles. The molecule has 1 unspecified atom stereocenters. The number of nitrogens with one attached hydrogen (secondary N) is 1. The van der Waals surface area contributed by atoms with Crippen LogP contribution in [0.5, 0.6) is 0 Å². The molecule has 6 nitrogen and oxygen atoms in total. The number of sulfone groups is 1. The Morgan fingerprint density at radius 1 is 1.11 bits per heavy atom. The van der Waals surface area contributed by atoms with Crippen LogP contribution in [0.1, 0.15) is 36.9 Å². The van der Waals surface area contributed by atoms with E-state index in [9.17, 15) is 18.0 Å². The van der Waals surface area contributed by atoms with Gasteiger partial charge in [-0.1, -0.05) is 24.3 Å². The minimum atomic E-state index is -3.23. The first-order chi connectivity index (χ1) is 13.2. The number of nitrogens with zero attached hydrogens (tertiary/aromatic N) is 1. The van der Waals surface area contributed by atoms with E-state index >= 15 is 0 Å². The predicted octanol–water partition coefficient (Wildman–Crippen LogP) is 2.64. The molecule has 0 aromatic heterocycles. The molecular formula is C21H24N2O4S. The number of carbonyl (C=O) groups is 2. The second kappa shape index (κ2) is 8.14. The summed E-state index contributed by atoms with van der Waals surface area (Å²) in [5.74, 6) is 0.0193. The van der Waals surface area contributed by atoms with Crippen molar-refractivity contribution in [3.63, 3.8) is 0 Å². The summed E-state index contributed by atoms with van der Waals surface area (Å²) in [4.78, 5) is 26.2. The van der Waals surface area contributed by atoms with E-state index in [4.69, 9.17) is 0 Å². The number of carbonyl (C=O) groups excluding carboxylic acids is 2. The molecule has 1 aliphatic heterocycles. The standard InChI is InChI=1S/C21H24N2O4S/c1-15(17-7-11-19(12-8-17)28(2,26)27)22-20(24)14-16-5-9-18(10-6-16)23-13-3-4-21(23)25/h5-12,15H,3-4,13-14H2,1-2H3,(H,22,24). The van der Waals surface area contributed by atoms with Crippen molar-refractivity contribution in [2.75, 3.05) is 17.7 Å². The van der Waals surface area contributed by atoms with E-state index in [1.165, 1.54) is 0 Å². The van der Waals surface area contributed by atoms with Crippen molar-refractivity contribution in [3.05, 3.63) is 59.7 Å². The fraction of sp³-hybridized carbons (Fsp3) is 0.333. The quantitative estimate of drug-likeness (QED) is 0.808. The van der Waals surface area contributed by atoms with Gasteiger partial charge < -0.3 is 10.2 Å². The van der Waals surface area contributed by atoms with Gasteiger partial charge in [-0.15, -0.1) is 0 Å². The molecule has 0 spiro atoms. The highest BCUT2D eigenvalue weighted by Crippen LogP contribution is 2.22. The Morgan fingerprint density at radius 3 is 2.29 bits per heavy atom. The molecule has 0 bridgehead atoms. The first-order valence-corrected chi connectivity index (χ1v) is 11.1. The van der Waals surface area contributed by atoms with E-state index in [0.29, 0.717) is 6.42 Å². The summed E-state index contributed by atoms with van der Waals surface area (Å²) in [5.41, 5.74) is 2.57. The van der Waals surface area contributed by atoms with E-state index in [1.807, 2.05) is 31.2 Å². The lowest BCUT2D eigenvalue weighted by Crippen LogP contribution is -2.28. The molecule has 28 heavy (non-hydrogen) atoms. The van der Waals surface area contributed by atoms with Crippen molar-refractivity contribution in [3.8, 4) is 0 Å². The van der Waals surface area contributed by atoms with Gasteiger partial charge in [0.25, 0.3) is 0 Å². The van der Waals surface area contributed by atoms with Crippen molar-refractivity contribution in [2.45, 2.75) is 37.1 Å². The van der Waals surface area contributed by atoms with E-state index in [0.717, 1.165) is 36.0 Å². The smallest absolute Gasteiger partial charge is 0.227 e. The molecule has 1 N–H and O–H groups in total. The average Bonchev–Trinajstić information content (AvgIpc) is 3.07. The zero-order chi connectivity index (χ0) is 20.3. The number of amides is 2. The maximum Gasteiger partial charge on any atom is 0.227 e. The van der Waals surface area contributed by atoms with Crippen molar-refractivity contribution in [1.29, 1.82) is 0 Å². The maximum atomic E-state index is 12.3. The van der Waals surface area contributed by atoms with Gasteiger partial charge in [-0.3, -0.25) is 9.59 Å². The van der Waals surface area contributed by atoms with Crippen LogP contribution in [0.2, 0.25) is 0 Å². The van der Waals surface area contributed by atoms with Gasteiger partial charge in [0, 0.05) is 24.9 Å². The van der Waals surface area contributed by atoms with Crippen LogP contribution in [0.15, 0.2) is 53.4 Å². The van der Waals surface area contributed by atoms with Crippen molar-refractivity contribution in [2.24, 2.45) is 0 Å². The van der Waals surface area contributed by atoms with Gasteiger partial charge in [0.05, 0.1) is 17.4 Å². The molecule has 7 heteroatoms. The molecular weight excluding hydrogens is 376 g/mol. The highest BCUT2D eigenvalue weighted by atomic mass is 32.2. The summed E-state index contributed by atoms with van der Waals surface area (Å²) in [5, 5.41) is 2.93. The van der Waals surface area contributed by atoms with E-state index in [-0.39, 0.29) is 29.2 Å². The zero-order valence-corrected chi connectivity index (χ0v) is 16.8. The van der Waals surface area contributed by atoms with Crippen LogP contribution in [-0.2, 0) is 25.8 Å². The van der Waals surface area contributed by atoms with Crippen LogP contribution in [0, 0.1) is 0 Å². The van der Waals surface area contributed by atoms with Gasteiger partial charge in [-0.25, -0.2) is 8.42 Å². The third-order valence-electron chi connectivity index (χ3n) is 4.87. The minimum Gasteiger partial charge on any atom is -0.349 e. The lowest BCUT2D eigenvalue weighted by Gasteiger charge is -2.17. The molecule has 148 valence electrons. The zero-order valence-electron chi connectivity index (χ0n) is 16.0. The molecule has 1 aliphatic rings. The highest BCUT2D eigenvalue weighted by Gasteiger charge is 2.21. The molecule has 1 saturated heterocycles. The molecule has 0 saturated carbocycles. The van der Waals surface area contributed by atoms with Crippen LogP contribution in [0.3, 0.4) is 0 Å². The molecule has 3 rings (SSSR count). The molecule has 1 heterocycles. The minimum absolute atomic E-state index is 0.121. The third kappa shape index (κ3) is 4.78. The molecule has 0 radical (unpaired) electrons. The maximum absolute atomic E-state index is 12.3. The Hall–Kier alpha value is -2.67. The Morgan fingerprint density at radius 2 is 1.75 bits per heavy atom. The monoisotopic (exact) mass is 400 g/mol. The Balaban J connectivity index is 1.58. The van der Waals surface area contributed by atoms with E-state index in [2.05, 4.69) is 5.32 Å². The van der Waals surface area contributed by atoms with E-state index in [1.54, 1.807) is 29.2 Å². The summed E-state index contributed by atoms with van der Waals surface area (Å²) in [6.45, 7) is 2.60. The van der Waals surface area contributed by atoms with Gasteiger partial charge in [-0.2, -0.15) is 0 Å². The van der Waals surface area contributed by atoms with Gasteiger partial charge in [0.15, 0.2) is 9.84 Å². The number of hydrogen-bond acceptors (Lipinski definition) is 4. The number of hydrogen-bond donors (Lipinski definition) is 1. The number of benzene rings is 2. The van der Waals surface area contributed by atoms with Gasteiger partial charge in [-0.05, 0) is 48.7 Å². The summed E-state index contributed by atoms with van der Waals surface area (Å²) in [6, 6.07) is 13.8. The van der Waals surface area contributed by atoms with Crippen LogP contribution in [0.25, 0.3) is 0 Å². The van der Waals surface area contributed by atoms with Gasteiger partial charge in [0.1, 0.15) is 0 Å². The second-order valence-corrected chi connectivity index (χ2v) is 9.14. The third-order valence-corrected chi connectivity index (χ3v) is 6.00. The summed E-state index contributed by atoms with van der Waals surface area (Å²) in [7, 11) is -3.23. The Bertz CT molecular complexity index is 966. The van der Waals surface area contributed by atoms with E-state index < -0.39 is 9.84 Å². The van der Waals surface area contributed by atoms with Crippen LogP contribution in [0.4, 0.5) is 5.69 Å². The van der Waals surface area contributed by atoms with Crippen molar-refractivity contribution < 1.29 is 18.0 Å². The second-order valence-electron chi connectivity index (χ2n) is 7.12. The topological polar surface area (TPSA) is 83.6 Å². The predicted molar refractivity (Wildman–Crippen MR) is 108 cm³/mol. The fourth-order valence-corrected chi connectivity index (χ4v) is 3.91. The largest absolute Gasteiger partial charge is 0.349 e. The summed E-state index contributed by atoms with van der Waals surface area (Å²) >= 11 is 0. The molecule has 1 fully saturated rings. The molecule has 2 aromatic rings. The fourth-order valence-electron chi connectivity index (χ4n) is 3.28. The lowest BCUT2D eigenvalue weighted by molar-refractivity contribution is -0.121. The lowest BCUT2D eigenvalue weighted by atomic mass is 10.1. The molecule has 2 amide bonds. The van der Waals surface area contributed by atoms with Crippen LogP contribution < -0.4 is 10.2 Å². The average molecular weight is 401 g/mol. The first kappa shape index (κ1) is 20.1. The summed E-state index contributed by atoms with van der Waals surface area (Å²) in [6.07, 6.45) is 2.87. The SMILES string of the molecule is CC(NC(=O)Cc1ccc(N2CCCC2=O)cc1)c1ccc(S(C)(=O)=O)cc1. The molecule has 1 atom stereocenters. The van der Waals surface area contributed by atoms with Crippen molar-refractivity contribution >= 4 is 27.3 Å². The Labute approximate surface area is 165 Å². The highest BCUT2D eigenvalue weighted by molar-refractivity contribution is 7.90. The van der Waals surface area contributed by atoms with Gasteiger partial charge in [0.2, 0.25) is 11.8 Å². The van der Waals surface area contributed by atoms with Crippen LogP contribution in [-0.4, -0.2) is 33.0 Å². The number of anilines is 1. The van der Waals surface area contributed by atoms with Crippen molar-refractivity contribution in [1.82, 2.24) is 5.32 Å². The van der Waals surface area contributed by atoms with Crippen LogP contribution >= 0.6 is 0 Å².